The molecular weight excluding hydrogens is 680 g/mol. The smallest absolute Gasteiger partial charge is 0.435 e. The number of halogens is 2. The van der Waals surface area contributed by atoms with E-state index >= 15 is 0 Å². The molecule has 4 aromatic rings. The summed E-state index contributed by atoms with van der Waals surface area (Å²) in [5.41, 5.74) is -0.609. The number of anilines is 4. The number of methoxy groups -OCH3 is 2. The van der Waals surface area contributed by atoms with Gasteiger partial charge in [-0.3, -0.25) is 4.79 Å². The fourth-order valence-corrected chi connectivity index (χ4v) is 6.71. The number of nitrogens with zero attached hydrogens (tertiary/aromatic N) is 6. The Bertz CT molecular complexity index is 2130. The van der Waals surface area contributed by atoms with E-state index < -0.39 is 53.7 Å². The van der Waals surface area contributed by atoms with Crippen molar-refractivity contribution in [2.24, 2.45) is 0 Å². The summed E-state index contributed by atoms with van der Waals surface area (Å²) >= 11 is 0. The summed E-state index contributed by atoms with van der Waals surface area (Å²) in [6.45, 7) is 9.35. The third-order valence-corrected chi connectivity index (χ3v) is 9.05. The number of aromatic nitrogens is 4. The van der Waals surface area contributed by atoms with Gasteiger partial charge in [0.25, 0.3) is 5.92 Å². The number of fused-ring (bicyclic) bond motifs is 3. The molecule has 1 spiro atoms. The minimum atomic E-state index is -2.83. The summed E-state index contributed by atoms with van der Waals surface area (Å²) in [6.07, 6.45) is 0.227. The Kier molecular flexibility index (Phi) is 7.88. The summed E-state index contributed by atoms with van der Waals surface area (Å²) in [5, 5.41) is 8.15. The summed E-state index contributed by atoms with van der Waals surface area (Å²) in [6, 6.07) is 10.5. The number of rotatable bonds is 6. The topological polar surface area (TPSA) is 150 Å². The maximum atomic E-state index is 14.3. The zero-order valence-electron chi connectivity index (χ0n) is 30.0. The van der Waals surface area contributed by atoms with Crippen LogP contribution in [0.5, 0.6) is 11.5 Å². The first-order chi connectivity index (χ1) is 24.3. The maximum Gasteiger partial charge on any atom is 0.435 e. The fraction of sp³-hybridized carbons (Fsp3) is 0.444. The number of hydrogen-bond donors (Lipinski definition) is 1. The molecule has 2 fully saturated rings. The molecule has 1 saturated carbocycles. The number of benzene rings is 2. The molecule has 7 rings (SSSR count). The van der Waals surface area contributed by atoms with Gasteiger partial charge in [0.1, 0.15) is 17.0 Å². The van der Waals surface area contributed by atoms with E-state index in [-0.39, 0.29) is 29.3 Å². The first-order valence-electron chi connectivity index (χ1n) is 16.7. The van der Waals surface area contributed by atoms with E-state index in [0.717, 1.165) is 15.1 Å². The molecule has 4 heterocycles. The SMILES string of the molecule is COc1ccc2c(c1)[C@]1(C[C@H]1c1ccc3c(Nc4nc(N5CC(F)(F)C5)ncc4OC)nn(C(=O)OC(C)(C)C)c3c1)C(=O)N2C(=O)OC(C)(C)C. The number of ether oxygens (including phenoxy) is 4. The van der Waals surface area contributed by atoms with Gasteiger partial charge in [-0.05, 0) is 89.4 Å². The molecule has 2 atom stereocenters. The second-order valence-electron chi connectivity index (χ2n) is 15.2. The number of carbonyl (C=O) groups is 3. The lowest BCUT2D eigenvalue weighted by molar-refractivity contribution is -0.120. The molecule has 2 amide bonds. The van der Waals surface area contributed by atoms with Crippen molar-refractivity contribution in [3.8, 4) is 11.5 Å². The molecule has 14 nitrogen and oxygen atoms in total. The lowest BCUT2D eigenvalue weighted by Crippen LogP contribution is -2.57. The van der Waals surface area contributed by atoms with Crippen molar-refractivity contribution in [1.82, 2.24) is 19.7 Å². The van der Waals surface area contributed by atoms with Crippen LogP contribution in [0.2, 0.25) is 0 Å². The molecule has 52 heavy (non-hydrogen) atoms. The van der Waals surface area contributed by atoms with Gasteiger partial charge in [0, 0.05) is 11.3 Å². The van der Waals surface area contributed by atoms with Crippen LogP contribution in [0.1, 0.15) is 65.0 Å². The van der Waals surface area contributed by atoms with Crippen LogP contribution in [-0.4, -0.2) is 82.3 Å². The zero-order chi connectivity index (χ0) is 37.5. The molecule has 274 valence electrons. The van der Waals surface area contributed by atoms with E-state index in [9.17, 15) is 23.2 Å². The molecule has 16 heteroatoms. The Labute approximate surface area is 298 Å². The lowest BCUT2D eigenvalue weighted by atomic mass is 9.91. The van der Waals surface area contributed by atoms with Crippen LogP contribution in [-0.2, 0) is 19.7 Å². The Balaban J connectivity index is 1.28. The predicted octanol–water partition coefficient (Wildman–Crippen LogP) is 6.53. The van der Waals surface area contributed by atoms with Crippen LogP contribution < -0.4 is 24.6 Å². The highest BCUT2D eigenvalue weighted by molar-refractivity contribution is 6.23. The average molecular weight is 720 g/mol. The van der Waals surface area contributed by atoms with E-state index in [1.165, 1.54) is 25.3 Å². The van der Waals surface area contributed by atoms with E-state index in [1.54, 1.807) is 71.9 Å². The van der Waals surface area contributed by atoms with Crippen LogP contribution in [0.3, 0.4) is 0 Å². The third kappa shape index (κ3) is 5.98. The van der Waals surface area contributed by atoms with Crippen molar-refractivity contribution in [3.63, 3.8) is 0 Å². The van der Waals surface area contributed by atoms with Gasteiger partial charge in [-0.1, -0.05) is 6.07 Å². The van der Waals surface area contributed by atoms with Crippen molar-refractivity contribution in [2.45, 2.75) is 76.4 Å². The quantitative estimate of drug-likeness (QED) is 0.231. The van der Waals surface area contributed by atoms with Crippen molar-refractivity contribution >= 4 is 52.3 Å². The molecule has 0 radical (unpaired) electrons. The van der Waals surface area contributed by atoms with Crippen LogP contribution in [0.15, 0.2) is 42.6 Å². The standard InChI is InChI=1S/C36H39F2N7O7/c1-33(2,3)51-31(47)44-24-12-10-20(49-7)14-22(24)36(29(44)46)15-23(36)19-9-11-21-25(13-19)45(32(48)52-34(4,5)6)42-27(21)40-28-26(50-8)16-39-30(41-28)43-17-35(37,38)18-43/h9-14,16,23H,15,17-18H2,1-8H3,(H,39,40,41,42)/t23-,36-/m0/s1. The van der Waals surface area contributed by atoms with E-state index in [2.05, 4.69) is 20.4 Å². The highest BCUT2D eigenvalue weighted by Crippen LogP contribution is 2.67. The van der Waals surface area contributed by atoms with Crippen LogP contribution in [0.25, 0.3) is 10.9 Å². The number of hydrogen-bond acceptors (Lipinski definition) is 12. The van der Waals surface area contributed by atoms with Crippen molar-refractivity contribution in [2.75, 3.05) is 42.4 Å². The minimum absolute atomic E-state index is 0.0741. The lowest BCUT2D eigenvalue weighted by Gasteiger charge is -2.38. The molecule has 3 aliphatic rings. The second kappa shape index (κ2) is 11.7. The first-order valence-corrected chi connectivity index (χ1v) is 16.7. The van der Waals surface area contributed by atoms with Gasteiger partial charge in [0.15, 0.2) is 17.4 Å². The Morgan fingerprint density at radius 1 is 0.923 bits per heavy atom. The first kappa shape index (κ1) is 34.9. The van der Waals surface area contributed by atoms with E-state index in [1.807, 2.05) is 6.07 Å². The van der Waals surface area contributed by atoms with Gasteiger partial charge in [0.05, 0.1) is 50.1 Å². The molecule has 2 aromatic carbocycles. The van der Waals surface area contributed by atoms with Gasteiger partial charge in [0.2, 0.25) is 11.9 Å². The summed E-state index contributed by atoms with van der Waals surface area (Å²) < 4.78 is 50.6. The van der Waals surface area contributed by atoms with Crippen LogP contribution in [0.4, 0.5) is 41.6 Å². The number of alkyl halides is 2. The van der Waals surface area contributed by atoms with Gasteiger partial charge in [-0.2, -0.15) is 9.67 Å². The highest BCUT2D eigenvalue weighted by atomic mass is 19.3. The third-order valence-electron chi connectivity index (χ3n) is 9.05. The molecule has 1 aliphatic carbocycles. The van der Waals surface area contributed by atoms with Gasteiger partial charge >= 0.3 is 12.2 Å². The average Bonchev–Trinajstić information content (AvgIpc) is 3.63. The molecule has 2 aliphatic heterocycles. The Morgan fingerprint density at radius 2 is 1.62 bits per heavy atom. The van der Waals surface area contributed by atoms with Crippen molar-refractivity contribution < 1.29 is 42.1 Å². The number of imide groups is 1. The zero-order valence-corrected chi connectivity index (χ0v) is 30.0. The Morgan fingerprint density at radius 3 is 2.25 bits per heavy atom. The summed E-state index contributed by atoms with van der Waals surface area (Å²) in [5.74, 6) is -2.44. The molecule has 0 unspecified atom stereocenters. The highest BCUT2D eigenvalue weighted by Gasteiger charge is 2.68. The number of carbonyl (C=O) groups excluding carboxylic acids is 3. The largest absolute Gasteiger partial charge is 0.497 e. The molecular formula is C36H39F2N7O7. The fourth-order valence-electron chi connectivity index (χ4n) is 6.71. The van der Waals surface area contributed by atoms with Gasteiger partial charge in [-0.15, -0.1) is 5.10 Å². The normalized spacial score (nSPS) is 20.4. The predicted molar refractivity (Wildman–Crippen MR) is 186 cm³/mol. The Hall–Kier alpha value is -5.54. The summed E-state index contributed by atoms with van der Waals surface area (Å²) in [4.78, 5) is 52.3. The molecule has 1 N–H and O–H groups in total. The van der Waals surface area contributed by atoms with Crippen LogP contribution in [0, 0.1) is 0 Å². The van der Waals surface area contributed by atoms with Crippen LogP contribution >= 0.6 is 0 Å². The van der Waals surface area contributed by atoms with Crippen molar-refractivity contribution in [3.05, 3.63) is 53.7 Å². The van der Waals surface area contributed by atoms with E-state index in [4.69, 9.17) is 18.9 Å². The molecule has 1 saturated heterocycles. The summed E-state index contributed by atoms with van der Waals surface area (Å²) in [7, 11) is 2.94. The molecule has 2 aromatic heterocycles. The second-order valence-corrected chi connectivity index (χ2v) is 15.2. The monoisotopic (exact) mass is 719 g/mol. The van der Waals surface area contributed by atoms with Gasteiger partial charge < -0.3 is 29.2 Å². The van der Waals surface area contributed by atoms with Gasteiger partial charge in [-0.25, -0.2) is 28.3 Å². The number of nitrogens with one attached hydrogen (secondary N) is 1. The van der Waals surface area contributed by atoms with E-state index in [0.29, 0.717) is 34.3 Å². The molecule has 0 bridgehead atoms. The maximum absolute atomic E-state index is 14.3. The minimum Gasteiger partial charge on any atom is -0.497 e. The van der Waals surface area contributed by atoms with Crippen molar-refractivity contribution in [1.29, 1.82) is 0 Å². The number of amides is 2.